The first-order chi connectivity index (χ1) is 9.81. The predicted octanol–water partition coefficient (Wildman–Crippen LogP) is 2.18. The third-order valence-electron chi connectivity index (χ3n) is 4.35. The number of halogens is 1. The zero-order valence-electron chi connectivity index (χ0n) is 12.4. The monoisotopic (exact) mass is 315 g/mol. The van der Waals surface area contributed by atoms with Gasteiger partial charge in [-0.15, -0.1) is 0 Å². The molecule has 1 aliphatic rings. The van der Waals surface area contributed by atoms with E-state index in [1.807, 2.05) is 13.8 Å². The minimum absolute atomic E-state index is 0.0416. The second-order valence-electron chi connectivity index (χ2n) is 5.65. The molecule has 1 heterocycles. The Balaban J connectivity index is 2.26. The molecule has 0 amide bonds. The Morgan fingerprint density at radius 2 is 2.05 bits per heavy atom. The summed E-state index contributed by atoms with van der Waals surface area (Å²) < 4.78 is 37.5. The number of benzene rings is 1. The highest BCUT2D eigenvalue weighted by atomic mass is 32.2. The highest BCUT2D eigenvalue weighted by molar-refractivity contribution is 7.91. The summed E-state index contributed by atoms with van der Waals surface area (Å²) in [6.07, 6.45) is 1.61. The standard InChI is InChI=1S/C15H22FNO3S/c1-3-15(18,4-2)10-17-13-7-8-21(19,20)14-6-5-11(16)9-12(13)14/h5-6,9,13,17-18H,3-4,7-8,10H2,1-2H3. The summed E-state index contributed by atoms with van der Waals surface area (Å²) in [5.41, 5.74) is -0.347. The Bertz CT molecular complexity index is 611. The molecule has 6 heteroatoms. The number of rotatable bonds is 5. The van der Waals surface area contributed by atoms with Crippen molar-refractivity contribution < 1.29 is 17.9 Å². The van der Waals surface area contributed by atoms with Gasteiger partial charge in [0.1, 0.15) is 5.82 Å². The van der Waals surface area contributed by atoms with Crippen LogP contribution >= 0.6 is 0 Å². The van der Waals surface area contributed by atoms with Crippen LogP contribution in [0.1, 0.15) is 44.7 Å². The summed E-state index contributed by atoms with van der Waals surface area (Å²) in [6.45, 7) is 4.18. The fourth-order valence-electron chi connectivity index (χ4n) is 2.64. The Hall–Kier alpha value is -0.980. The zero-order valence-corrected chi connectivity index (χ0v) is 13.2. The lowest BCUT2D eigenvalue weighted by Gasteiger charge is -2.31. The Morgan fingerprint density at radius 3 is 2.67 bits per heavy atom. The summed E-state index contributed by atoms with van der Waals surface area (Å²) in [6, 6.07) is 3.54. The van der Waals surface area contributed by atoms with E-state index < -0.39 is 21.3 Å². The van der Waals surface area contributed by atoms with Crippen LogP contribution in [0.2, 0.25) is 0 Å². The van der Waals surface area contributed by atoms with E-state index in [9.17, 15) is 17.9 Å². The van der Waals surface area contributed by atoms with E-state index in [4.69, 9.17) is 0 Å². The van der Waals surface area contributed by atoms with Crippen LogP contribution in [0, 0.1) is 5.82 Å². The predicted molar refractivity (Wildman–Crippen MR) is 79.3 cm³/mol. The molecule has 0 bridgehead atoms. The van der Waals surface area contributed by atoms with Gasteiger partial charge in [0, 0.05) is 12.6 Å². The molecule has 4 nitrogen and oxygen atoms in total. The summed E-state index contributed by atoms with van der Waals surface area (Å²) in [5.74, 6) is -0.404. The van der Waals surface area contributed by atoms with Crippen molar-refractivity contribution in [2.75, 3.05) is 12.3 Å². The lowest BCUT2D eigenvalue weighted by molar-refractivity contribution is 0.0295. The van der Waals surface area contributed by atoms with Crippen molar-refractivity contribution in [1.82, 2.24) is 5.32 Å². The maximum atomic E-state index is 13.5. The topological polar surface area (TPSA) is 66.4 Å². The molecular formula is C15H22FNO3S. The average molecular weight is 315 g/mol. The third-order valence-corrected chi connectivity index (χ3v) is 6.17. The van der Waals surface area contributed by atoms with Crippen LogP contribution < -0.4 is 5.32 Å². The third kappa shape index (κ3) is 3.44. The van der Waals surface area contributed by atoms with Crippen LogP contribution in [0.5, 0.6) is 0 Å². The average Bonchev–Trinajstić information content (AvgIpc) is 2.46. The summed E-state index contributed by atoms with van der Waals surface area (Å²) in [7, 11) is -3.33. The Labute approximate surface area is 125 Å². The number of hydrogen-bond donors (Lipinski definition) is 2. The molecule has 1 aromatic rings. The summed E-state index contributed by atoms with van der Waals surface area (Å²) >= 11 is 0. The van der Waals surface area contributed by atoms with Crippen molar-refractivity contribution in [1.29, 1.82) is 0 Å². The van der Waals surface area contributed by atoms with Gasteiger partial charge in [-0.2, -0.15) is 0 Å². The number of fused-ring (bicyclic) bond motifs is 1. The molecule has 0 aromatic heterocycles. The normalized spacial score (nSPS) is 21.0. The fourth-order valence-corrected chi connectivity index (χ4v) is 4.24. The van der Waals surface area contributed by atoms with E-state index in [0.29, 0.717) is 31.4 Å². The van der Waals surface area contributed by atoms with Crippen LogP contribution in [-0.4, -0.2) is 31.4 Å². The molecule has 0 saturated heterocycles. The quantitative estimate of drug-likeness (QED) is 0.818. The molecule has 1 aliphatic heterocycles. The van der Waals surface area contributed by atoms with Crippen molar-refractivity contribution >= 4 is 9.84 Å². The van der Waals surface area contributed by atoms with E-state index in [1.54, 1.807) is 0 Å². The van der Waals surface area contributed by atoms with Crippen molar-refractivity contribution in [2.24, 2.45) is 0 Å². The Kier molecular flexibility index (Phi) is 4.70. The van der Waals surface area contributed by atoms with Crippen molar-refractivity contribution in [2.45, 2.75) is 49.6 Å². The first-order valence-electron chi connectivity index (χ1n) is 7.29. The first-order valence-corrected chi connectivity index (χ1v) is 8.94. The number of sulfone groups is 1. The maximum absolute atomic E-state index is 13.5. The molecule has 0 aliphatic carbocycles. The smallest absolute Gasteiger partial charge is 0.178 e. The lowest BCUT2D eigenvalue weighted by Crippen LogP contribution is -2.42. The number of hydrogen-bond acceptors (Lipinski definition) is 4. The molecule has 0 spiro atoms. The molecule has 0 saturated carbocycles. The molecule has 1 atom stereocenters. The van der Waals surface area contributed by atoms with Gasteiger partial charge in [-0.25, -0.2) is 12.8 Å². The van der Waals surface area contributed by atoms with E-state index in [0.717, 1.165) is 0 Å². The van der Waals surface area contributed by atoms with E-state index in [1.165, 1.54) is 18.2 Å². The van der Waals surface area contributed by atoms with Gasteiger partial charge < -0.3 is 10.4 Å². The highest BCUT2D eigenvalue weighted by Crippen LogP contribution is 2.33. The second kappa shape index (κ2) is 6.02. The minimum atomic E-state index is -3.33. The SMILES string of the molecule is CCC(O)(CC)CNC1CCS(=O)(=O)c2ccc(F)cc21. The van der Waals surface area contributed by atoms with Gasteiger partial charge in [0.25, 0.3) is 0 Å². The van der Waals surface area contributed by atoms with Crippen LogP contribution in [0.15, 0.2) is 23.1 Å². The van der Waals surface area contributed by atoms with Crippen LogP contribution in [-0.2, 0) is 9.84 Å². The zero-order chi connectivity index (χ0) is 15.7. The van der Waals surface area contributed by atoms with Crippen molar-refractivity contribution in [3.8, 4) is 0 Å². The largest absolute Gasteiger partial charge is 0.389 e. The van der Waals surface area contributed by atoms with Gasteiger partial charge in [0.05, 0.1) is 16.2 Å². The van der Waals surface area contributed by atoms with Crippen LogP contribution in [0.4, 0.5) is 4.39 Å². The second-order valence-corrected chi connectivity index (χ2v) is 7.73. The van der Waals surface area contributed by atoms with Gasteiger partial charge in [-0.3, -0.25) is 0 Å². The van der Waals surface area contributed by atoms with Gasteiger partial charge in [-0.1, -0.05) is 13.8 Å². The van der Waals surface area contributed by atoms with E-state index in [-0.39, 0.29) is 16.7 Å². The highest BCUT2D eigenvalue weighted by Gasteiger charge is 2.32. The number of aliphatic hydroxyl groups is 1. The molecule has 0 fully saturated rings. The fraction of sp³-hybridized carbons (Fsp3) is 0.600. The van der Waals surface area contributed by atoms with Crippen LogP contribution in [0.25, 0.3) is 0 Å². The molecule has 118 valence electrons. The molecule has 2 rings (SSSR count). The molecule has 21 heavy (non-hydrogen) atoms. The summed E-state index contributed by atoms with van der Waals surface area (Å²) in [5, 5.41) is 13.5. The molecule has 0 radical (unpaired) electrons. The maximum Gasteiger partial charge on any atom is 0.178 e. The van der Waals surface area contributed by atoms with Gasteiger partial charge in [-0.05, 0) is 43.0 Å². The first kappa shape index (κ1) is 16.4. The lowest BCUT2D eigenvalue weighted by atomic mass is 9.96. The van der Waals surface area contributed by atoms with E-state index in [2.05, 4.69) is 5.32 Å². The van der Waals surface area contributed by atoms with Crippen molar-refractivity contribution in [3.63, 3.8) is 0 Å². The minimum Gasteiger partial charge on any atom is -0.389 e. The molecule has 1 unspecified atom stereocenters. The van der Waals surface area contributed by atoms with Gasteiger partial charge >= 0.3 is 0 Å². The van der Waals surface area contributed by atoms with Gasteiger partial charge in [0.15, 0.2) is 9.84 Å². The Morgan fingerprint density at radius 1 is 1.38 bits per heavy atom. The van der Waals surface area contributed by atoms with E-state index >= 15 is 0 Å². The summed E-state index contributed by atoms with van der Waals surface area (Å²) in [4.78, 5) is 0.198. The molecule has 1 aromatic carbocycles. The van der Waals surface area contributed by atoms with Crippen LogP contribution in [0.3, 0.4) is 0 Å². The van der Waals surface area contributed by atoms with Gasteiger partial charge in [0.2, 0.25) is 0 Å². The number of nitrogens with one attached hydrogen (secondary N) is 1. The molecule has 2 N–H and O–H groups in total. The molecular weight excluding hydrogens is 293 g/mol. The van der Waals surface area contributed by atoms with Crippen molar-refractivity contribution in [3.05, 3.63) is 29.6 Å².